The minimum absolute atomic E-state index is 0.553. The lowest BCUT2D eigenvalue weighted by Crippen LogP contribution is -1.93. The van der Waals surface area contributed by atoms with Gasteiger partial charge in [-0.3, -0.25) is 0 Å². The SMILES string of the molecule is C=CCOc1ccc(Cc2ccc(C)cc2)cc1. The van der Waals surface area contributed by atoms with Gasteiger partial charge in [-0.05, 0) is 36.6 Å². The molecule has 0 bridgehead atoms. The Kier molecular flexibility index (Phi) is 4.19. The Morgan fingerprint density at radius 3 is 2.06 bits per heavy atom. The third-order valence-electron chi connectivity index (χ3n) is 2.82. The van der Waals surface area contributed by atoms with E-state index in [-0.39, 0.29) is 0 Å². The minimum Gasteiger partial charge on any atom is -0.490 e. The van der Waals surface area contributed by atoms with Crippen molar-refractivity contribution in [3.63, 3.8) is 0 Å². The van der Waals surface area contributed by atoms with Crippen LogP contribution in [0, 0.1) is 6.92 Å². The van der Waals surface area contributed by atoms with E-state index in [0.717, 1.165) is 12.2 Å². The second-order valence-corrected chi connectivity index (χ2v) is 4.41. The molecule has 18 heavy (non-hydrogen) atoms. The zero-order chi connectivity index (χ0) is 12.8. The highest BCUT2D eigenvalue weighted by Crippen LogP contribution is 2.15. The van der Waals surface area contributed by atoms with Crippen molar-refractivity contribution in [1.82, 2.24) is 0 Å². The first kappa shape index (κ1) is 12.4. The molecule has 2 rings (SSSR count). The predicted octanol–water partition coefficient (Wildman–Crippen LogP) is 4.15. The summed E-state index contributed by atoms with van der Waals surface area (Å²) >= 11 is 0. The van der Waals surface area contributed by atoms with Gasteiger partial charge in [-0.25, -0.2) is 0 Å². The van der Waals surface area contributed by atoms with Crippen molar-refractivity contribution in [3.05, 3.63) is 77.9 Å². The molecule has 2 aromatic rings. The highest BCUT2D eigenvalue weighted by Gasteiger charge is 1.97. The van der Waals surface area contributed by atoms with Crippen molar-refractivity contribution in [2.24, 2.45) is 0 Å². The highest BCUT2D eigenvalue weighted by molar-refractivity contribution is 5.32. The van der Waals surface area contributed by atoms with Crippen molar-refractivity contribution in [2.75, 3.05) is 6.61 Å². The zero-order valence-electron chi connectivity index (χ0n) is 10.7. The molecule has 0 aliphatic carbocycles. The first-order valence-corrected chi connectivity index (χ1v) is 6.16. The number of ether oxygens (including phenoxy) is 1. The summed E-state index contributed by atoms with van der Waals surface area (Å²) in [6.45, 7) is 6.29. The monoisotopic (exact) mass is 238 g/mol. The van der Waals surface area contributed by atoms with Gasteiger partial charge in [0.05, 0.1) is 0 Å². The largest absolute Gasteiger partial charge is 0.490 e. The normalized spacial score (nSPS) is 10.1. The topological polar surface area (TPSA) is 9.23 Å². The maximum Gasteiger partial charge on any atom is 0.119 e. The summed E-state index contributed by atoms with van der Waals surface area (Å²) in [5, 5.41) is 0. The van der Waals surface area contributed by atoms with Crippen LogP contribution in [0.4, 0.5) is 0 Å². The maximum absolute atomic E-state index is 5.46. The number of hydrogen-bond donors (Lipinski definition) is 0. The molecule has 0 saturated heterocycles. The van der Waals surface area contributed by atoms with Crippen molar-refractivity contribution >= 4 is 0 Å². The Morgan fingerprint density at radius 1 is 0.944 bits per heavy atom. The third kappa shape index (κ3) is 3.49. The van der Waals surface area contributed by atoms with Gasteiger partial charge in [0.25, 0.3) is 0 Å². The number of aryl methyl sites for hydroxylation is 1. The van der Waals surface area contributed by atoms with Crippen LogP contribution in [0.5, 0.6) is 5.75 Å². The van der Waals surface area contributed by atoms with E-state index in [1.165, 1.54) is 16.7 Å². The molecule has 0 spiro atoms. The van der Waals surface area contributed by atoms with E-state index in [9.17, 15) is 0 Å². The van der Waals surface area contributed by atoms with Crippen LogP contribution in [-0.4, -0.2) is 6.61 Å². The van der Waals surface area contributed by atoms with Gasteiger partial charge in [0.15, 0.2) is 0 Å². The Morgan fingerprint density at radius 2 is 1.50 bits per heavy atom. The van der Waals surface area contributed by atoms with E-state index < -0.39 is 0 Å². The van der Waals surface area contributed by atoms with Crippen LogP contribution in [-0.2, 0) is 6.42 Å². The van der Waals surface area contributed by atoms with Gasteiger partial charge in [-0.1, -0.05) is 54.6 Å². The van der Waals surface area contributed by atoms with Crippen LogP contribution in [0.25, 0.3) is 0 Å². The smallest absolute Gasteiger partial charge is 0.119 e. The van der Waals surface area contributed by atoms with E-state index >= 15 is 0 Å². The van der Waals surface area contributed by atoms with Gasteiger partial charge < -0.3 is 4.74 Å². The summed E-state index contributed by atoms with van der Waals surface area (Å²) in [4.78, 5) is 0. The average molecular weight is 238 g/mol. The minimum atomic E-state index is 0.553. The molecule has 0 N–H and O–H groups in total. The predicted molar refractivity (Wildman–Crippen MR) is 76.1 cm³/mol. The quantitative estimate of drug-likeness (QED) is 0.711. The van der Waals surface area contributed by atoms with Crippen LogP contribution in [0.3, 0.4) is 0 Å². The summed E-state index contributed by atoms with van der Waals surface area (Å²) in [6, 6.07) is 16.9. The molecule has 0 saturated carbocycles. The summed E-state index contributed by atoms with van der Waals surface area (Å²) < 4.78 is 5.46. The average Bonchev–Trinajstić information content (AvgIpc) is 2.41. The van der Waals surface area contributed by atoms with Gasteiger partial charge in [-0.15, -0.1) is 0 Å². The molecule has 0 aromatic heterocycles. The van der Waals surface area contributed by atoms with E-state index in [0.29, 0.717) is 6.61 Å². The second kappa shape index (κ2) is 6.06. The number of hydrogen-bond acceptors (Lipinski definition) is 1. The first-order valence-electron chi connectivity index (χ1n) is 6.16. The Labute approximate surface area is 109 Å². The lowest BCUT2D eigenvalue weighted by atomic mass is 10.0. The molecule has 0 fully saturated rings. The highest BCUT2D eigenvalue weighted by atomic mass is 16.5. The van der Waals surface area contributed by atoms with Crippen molar-refractivity contribution < 1.29 is 4.74 Å². The maximum atomic E-state index is 5.46. The molecular formula is C17H18O. The van der Waals surface area contributed by atoms with Gasteiger partial charge in [-0.2, -0.15) is 0 Å². The van der Waals surface area contributed by atoms with Gasteiger partial charge in [0.1, 0.15) is 12.4 Å². The molecule has 1 heteroatoms. The molecule has 0 unspecified atom stereocenters. The molecule has 0 radical (unpaired) electrons. The summed E-state index contributed by atoms with van der Waals surface area (Å²) in [7, 11) is 0. The van der Waals surface area contributed by atoms with Crippen LogP contribution < -0.4 is 4.74 Å². The van der Waals surface area contributed by atoms with E-state index in [4.69, 9.17) is 4.74 Å². The van der Waals surface area contributed by atoms with Crippen LogP contribution in [0.1, 0.15) is 16.7 Å². The standard InChI is InChI=1S/C17H18O/c1-3-12-18-17-10-8-16(9-11-17)13-15-6-4-14(2)5-7-15/h3-11H,1,12-13H2,2H3. The van der Waals surface area contributed by atoms with Crippen LogP contribution >= 0.6 is 0 Å². The first-order chi connectivity index (χ1) is 8.78. The molecule has 0 aliphatic rings. The molecule has 0 atom stereocenters. The Bertz CT molecular complexity index is 494. The lowest BCUT2D eigenvalue weighted by Gasteiger charge is -2.05. The second-order valence-electron chi connectivity index (χ2n) is 4.41. The summed E-state index contributed by atoms with van der Waals surface area (Å²) in [6.07, 6.45) is 2.71. The number of benzene rings is 2. The van der Waals surface area contributed by atoms with E-state index in [1.807, 2.05) is 12.1 Å². The van der Waals surface area contributed by atoms with Gasteiger partial charge >= 0.3 is 0 Å². The van der Waals surface area contributed by atoms with E-state index in [2.05, 4.69) is 49.9 Å². The molecule has 0 amide bonds. The fourth-order valence-electron chi connectivity index (χ4n) is 1.80. The Hall–Kier alpha value is -2.02. The van der Waals surface area contributed by atoms with Crippen LogP contribution in [0.15, 0.2) is 61.2 Å². The molecule has 0 heterocycles. The van der Waals surface area contributed by atoms with Gasteiger partial charge in [0, 0.05) is 0 Å². The lowest BCUT2D eigenvalue weighted by molar-refractivity contribution is 0.363. The third-order valence-corrected chi connectivity index (χ3v) is 2.82. The Balaban J connectivity index is 2.01. The number of rotatable bonds is 5. The van der Waals surface area contributed by atoms with Crippen molar-refractivity contribution in [2.45, 2.75) is 13.3 Å². The molecule has 2 aromatic carbocycles. The molecule has 0 aliphatic heterocycles. The van der Waals surface area contributed by atoms with E-state index in [1.54, 1.807) is 6.08 Å². The van der Waals surface area contributed by atoms with Crippen molar-refractivity contribution in [3.8, 4) is 5.75 Å². The van der Waals surface area contributed by atoms with Crippen LogP contribution in [0.2, 0.25) is 0 Å². The van der Waals surface area contributed by atoms with Crippen molar-refractivity contribution in [1.29, 1.82) is 0 Å². The fraction of sp³-hybridized carbons (Fsp3) is 0.176. The molecular weight excluding hydrogens is 220 g/mol. The summed E-state index contributed by atoms with van der Waals surface area (Å²) in [5.74, 6) is 0.891. The molecule has 92 valence electrons. The summed E-state index contributed by atoms with van der Waals surface area (Å²) in [5.41, 5.74) is 3.93. The zero-order valence-corrected chi connectivity index (χ0v) is 10.7. The molecule has 1 nitrogen and oxygen atoms in total. The van der Waals surface area contributed by atoms with Gasteiger partial charge in [0.2, 0.25) is 0 Å². The fourth-order valence-corrected chi connectivity index (χ4v) is 1.80.